The van der Waals surface area contributed by atoms with Crippen molar-refractivity contribution in [2.45, 2.75) is 58.3 Å². The van der Waals surface area contributed by atoms with Gasteiger partial charge in [0.2, 0.25) is 0 Å². The Morgan fingerprint density at radius 2 is 1.52 bits per heavy atom. The average Bonchev–Trinajstić information content (AvgIpc) is 2.53. The predicted octanol–water partition coefficient (Wildman–Crippen LogP) is 6.19. The van der Waals surface area contributed by atoms with E-state index in [9.17, 15) is 0 Å². The normalized spacial score (nSPS) is 10.9. The zero-order valence-electron chi connectivity index (χ0n) is 13.3. The highest BCUT2D eigenvalue weighted by molar-refractivity contribution is 5.84. The Kier molecular flexibility index (Phi) is 7.14. The predicted molar refractivity (Wildman–Crippen MR) is 93.9 cm³/mol. The maximum atomic E-state index is 3.49. The minimum Gasteiger partial charge on any atom is -0.385 e. The van der Waals surface area contributed by atoms with Crippen LogP contribution in [0.1, 0.15) is 58.3 Å². The minimum atomic E-state index is 1.06. The van der Waals surface area contributed by atoms with Crippen LogP contribution in [-0.4, -0.2) is 6.54 Å². The van der Waals surface area contributed by atoms with Gasteiger partial charge < -0.3 is 5.32 Å². The van der Waals surface area contributed by atoms with Crippen LogP contribution in [-0.2, 0) is 0 Å². The van der Waals surface area contributed by atoms with E-state index in [1.54, 1.807) is 0 Å². The third-order valence-corrected chi connectivity index (χ3v) is 4.01. The number of hydrogen-bond acceptors (Lipinski definition) is 1. The summed E-state index contributed by atoms with van der Waals surface area (Å²) in [6.07, 6.45) is 11.0. The first kappa shape index (κ1) is 15.9. The first-order chi connectivity index (χ1) is 10.4. The summed E-state index contributed by atoms with van der Waals surface area (Å²) >= 11 is 0. The largest absolute Gasteiger partial charge is 0.385 e. The molecule has 0 saturated heterocycles. The van der Waals surface area contributed by atoms with Gasteiger partial charge in [-0.25, -0.2) is 0 Å². The van der Waals surface area contributed by atoms with Crippen LogP contribution >= 0.6 is 0 Å². The Bertz CT molecular complexity index is 518. The molecule has 0 amide bonds. The molecule has 0 aliphatic rings. The summed E-state index contributed by atoms with van der Waals surface area (Å²) in [5, 5.41) is 5.94. The molecule has 0 aromatic heterocycles. The summed E-state index contributed by atoms with van der Waals surface area (Å²) in [5.74, 6) is 0. The summed E-state index contributed by atoms with van der Waals surface area (Å²) in [7, 11) is 0. The fourth-order valence-corrected chi connectivity index (χ4v) is 2.70. The highest BCUT2D eigenvalue weighted by Gasteiger charge is 1.96. The van der Waals surface area contributed by atoms with E-state index in [1.807, 2.05) is 0 Å². The van der Waals surface area contributed by atoms with Crippen molar-refractivity contribution in [3.05, 3.63) is 42.5 Å². The van der Waals surface area contributed by atoms with Crippen LogP contribution in [0.25, 0.3) is 10.8 Å². The van der Waals surface area contributed by atoms with Crippen molar-refractivity contribution in [1.29, 1.82) is 0 Å². The molecule has 21 heavy (non-hydrogen) atoms. The van der Waals surface area contributed by atoms with Crippen molar-refractivity contribution >= 4 is 16.5 Å². The number of hydrogen-bond donors (Lipinski definition) is 1. The number of unbranched alkanes of at least 4 members (excludes halogenated alkanes) is 7. The van der Waals surface area contributed by atoms with Crippen LogP contribution < -0.4 is 5.32 Å². The monoisotopic (exact) mass is 282 g/mol. The average molecular weight is 282 g/mol. The molecular formula is C20H28N. The Balaban J connectivity index is 1.59. The van der Waals surface area contributed by atoms with Crippen molar-refractivity contribution in [1.82, 2.24) is 0 Å². The van der Waals surface area contributed by atoms with E-state index < -0.39 is 0 Å². The molecule has 2 rings (SSSR count). The molecule has 2 aromatic carbocycles. The van der Waals surface area contributed by atoms with Crippen molar-refractivity contribution in [3.8, 4) is 0 Å². The molecule has 0 aliphatic heterocycles. The molecule has 2 aromatic rings. The standard InChI is InChI=1S/C20H28N/c1-2-3-4-5-6-7-8-11-16-21-20-15-14-18-12-9-10-13-19(18)17-20/h9-10,12-15,21H,2-8,11,16H2,1H3. The van der Waals surface area contributed by atoms with E-state index in [1.165, 1.54) is 62.1 Å². The van der Waals surface area contributed by atoms with E-state index >= 15 is 0 Å². The van der Waals surface area contributed by atoms with Gasteiger partial charge in [-0.2, -0.15) is 0 Å². The second kappa shape index (κ2) is 9.44. The second-order valence-corrected chi connectivity index (χ2v) is 5.86. The summed E-state index contributed by atoms with van der Waals surface area (Å²) in [6.45, 7) is 3.33. The van der Waals surface area contributed by atoms with Crippen molar-refractivity contribution < 1.29 is 0 Å². The quantitative estimate of drug-likeness (QED) is 0.512. The van der Waals surface area contributed by atoms with Gasteiger partial charge >= 0.3 is 0 Å². The number of nitrogens with one attached hydrogen (secondary N) is 1. The van der Waals surface area contributed by atoms with Crippen LogP contribution in [0.2, 0.25) is 0 Å². The molecule has 1 heteroatoms. The van der Waals surface area contributed by atoms with Gasteiger partial charge in [0.1, 0.15) is 0 Å². The third-order valence-electron chi connectivity index (χ3n) is 4.01. The molecule has 113 valence electrons. The Hall–Kier alpha value is -1.50. The Morgan fingerprint density at radius 3 is 2.33 bits per heavy atom. The summed E-state index contributed by atoms with van der Waals surface area (Å²) < 4.78 is 0. The molecule has 0 saturated carbocycles. The SMILES string of the molecule is CCCCCCCCCCNc1[c]c2ccccc2cc1. The van der Waals surface area contributed by atoms with Crippen LogP contribution in [0, 0.1) is 6.07 Å². The van der Waals surface area contributed by atoms with Gasteiger partial charge in [0.25, 0.3) is 0 Å². The zero-order chi connectivity index (χ0) is 14.8. The van der Waals surface area contributed by atoms with Gasteiger partial charge in [-0.3, -0.25) is 0 Å². The van der Waals surface area contributed by atoms with E-state index in [2.05, 4.69) is 54.7 Å². The number of rotatable bonds is 10. The molecule has 0 unspecified atom stereocenters. The zero-order valence-corrected chi connectivity index (χ0v) is 13.3. The van der Waals surface area contributed by atoms with Gasteiger partial charge in [-0.1, -0.05) is 82.2 Å². The van der Waals surface area contributed by atoms with Crippen LogP contribution in [0.5, 0.6) is 0 Å². The fraction of sp³-hybridized carbons (Fsp3) is 0.500. The molecule has 0 aliphatic carbocycles. The maximum Gasteiger partial charge on any atom is 0.0427 e. The van der Waals surface area contributed by atoms with Gasteiger partial charge in [-0.15, -0.1) is 0 Å². The number of anilines is 1. The minimum absolute atomic E-state index is 1.06. The fourth-order valence-electron chi connectivity index (χ4n) is 2.70. The van der Waals surface area contributed by atoms with Crippen molar-refractivity contribution in [2.24, 2.45) is 0 Å². The van der Waals surface area contributed by atoms with Crippen LogP contribution in [0.3, 0.4) is 0 Å². The molecular weight excluding hydrogens is 254 g/mol. The van der Waals surface area contributed by atoms with Gasteiger partial charge in [0, 0.05) is 18.3 Å². The third kappa shape index (κ3) is 5.79. The molecule has 1 nitrogen and oxygen atoms in total. The van der Waals surface area contributed by atoms with Gasteiger partial charge in [0.15, 0.2) is 0 Å². The van der Waals surface area contributed by atoms with Crippen molar-refractivity contribution in [2.75, 3.05) is 11.9 Å². The Morgan fingerprint density at radius 1 is 0.810 bits per heavy atom. The van der Waals surface area contributed by atoms with Crippen LogP contribution in [0.15, 0.2) is 36.4 Å². The molecule has 0 heterocycles. The summed E-state index contributed by atoms with van der Waals surface area (Å²) in [4.78, 5) is 0. The number of benzene rings is 2. The smallest absolute Gasteiger partial charge is 0.0427 e. The lowest BCUT2D eigenvalue weighted by atomic mass is 10.1. The molecule has 0 atom stereocenters. The summed E-state index contributed by atoms with van der Waals surface area (Å²) in [6, 6.07) is 16.1. The molecule has 0 spiro atoms. The second-order valence-electron chi connectivity index (χ2n) is 5.86. The van der Waals surface area contributed by atoms with Gasteiger partial charge in [-0.05, 0) is 23.3 Å². The van der Waals surface area contributed by atoms with E-state index in [4.69, 9.17) is 0 Å². The van der Waals surface area contributed by atoms with Crippen molar-refractivity contribution in [3.63, 3.8) is 0 Å². The van der Waals surface area contributed by atoms with E-state index in [-0.39, 0.29) is 0 Å². The highest BCUT2D eigenvalue weighted by atomic mass is 14.9. The summed E-state index contributed by atoms with van der Waals surface area (Å²) in [5.41, 5.74) is 1.12. The van der Waals surface area contributed by atoms with Crippen LogP contribution in [0.4, 0.5) is 5.69 Å². The molecule has 0 bridgehead atoms. The highest BCUT2D eigenvalue weighted by Crippen LogP contribution is 2.18. The topological polar surface area (TPSA) is 12.0 Å². The van der Waals surface area contributed by atoms with Gasteiger partial charge in [0.05, 0.1) is 0 Å². The first-order valence-corrected chi connectivity index (χ1v) is 8.55. The molecule has 1 N–H and O–H groups in total. The maximum absolute atomic E-state index is 3.49. The molecule has 1 radical (unpaired) electrons. The van der Waals surface area contributed by atoms with E-state index in [0.717, 1.165) is 12.2 Å². The van der Waals surface area contributed by atoms with E-state index in [0.29, 0.717) is 0 Å². The lowest BCUT2D eigenvalue weighted by Crippen LogP contribution is -2.01. The lowest BCUT2D eigenvalue weighted by molar-refractivity contribution is 0.581. The molecule has 0 fully saturated rings. The lowest BCUT2D eigenvalue weighted by Gasteiger charge is -2.07. The Labute approximate surface area is 129 Å². The number of fused-ring (bicyclic) bond motifs is 1. The first-order valence-electron chi connectivity index (χ1n) is 8.55.